The molecule has 0 bridgehead atoms. The van der Waals surface area contributed by atoms with E-state index in [1.807, 2.05) is 0 Å². The van der Waals surface area contributed by atoms with Crippen molar-refractivity contribution in [2.24, 2.45) is 16.8 Å². The highest BCUT2D eigenvalue weighted by Crippen LogP contribution is 2.28. The first-order chi connectivity index (χ1) is 13.7. The monoisotopic (exact) mass is 394 g/mol. The SMILES string of the molecule is CCNC(=NCC(O)COCC1CC1)NC1CCN(CC2CCCCC2)CC1. The summed E-state index contributed by atoms with van der Waals surface area (Å²) < 4.78 is 5.57. The molecule has 3 fully saturated rings. The van der Waals surface area contributed by atoms with Crippen LogP contribution in [0.5, 0.6) is 0 Å². The van der Waals surface area contributed by atoms with Crippen LogP contribution in [0.3, 0.4) is 0 Å². The second-order valence-electron chi connectivity index (χ2n) is 9.08. The first-order valence-electron chi connectivity index (χ1n) is 11.8. The number of hydrogen-bond acceptors (Lipinski definition) is 4. The van der Waals surface area contributed by atoms with Crippen molar-refractivity contribution in [1.29, 1.82) is 0 Å². The summed E-state index contributed by atoms with van der Waals surface area (Å²) in [5.41, 5.74) is 0. The molecule has 1 aliphatic heterocycles. The average Bonchev–Trinajstić information content (AvgIpc) is 3.53. The topological polar surface area (TPSA) is 69.1 Å². The van der Waals surface area contributed by atoms with Gasteiger partial charge in [-0.05, 0) is 57.3 Å². The summed E-state index contributed by atoms with van der Waals surface area (Å²) >= 11 is 0. The number of aliphatic imine (C=N–C) groups is 1. The fourth-order valence-corrected chi connectivity index (χ4v) is 4.41. The van der Waals surface area contributed by atoms with Crippen LogP contribution < -0.4 is 10.6 Å². The highest BCUT2D eigenvalue weighted by Gasteiger charge is 2.24. The van der Waals surface area contributed by atoms with Gasteiger partial charge in [-0.15, -0.1) is 0 Å². The average molecular weight is 395 g/mol. The number of nitrogens with one attached hydrogen (secondary N) is 2. The minimum absolute atomic E-state index is 0.388. The summed E-state index contributed by atoms with van der Waals surface area (Å²) in [6, 6.07) is 0.476. The Balaban J connectivity index is 1.33. The van der Waals surface area contributed by atoms with Crippen LogP contribution in [0.1, 0.15) is 64.7 Å². The zero-order chi connectivity index (χ0) is 19.6. The molecule has 0 aromatic heterocycles. The van der Waals surface area contributed by atoms with E-state index in [1.165, 1.54) is 77.4 Å². The minimum atomic E-state index is -0.522. The quantitative estimate of drug-likeness (QED) is 0.392. The van der Waals surface area contributed by atoms with Crippen molar-refractivity contribution in [3.63, 3.8) is 0 Å². The number of guanidine groups is 1. The molecular formula is C22H42N4O2. The van der Waals surface area contributed by atoms with E-state index in [1.54, 1.807) is 0 Å². The molecule has 28 heavy (non-hydrogen) atoms. The van der Waals surface area contributed by atoms with Gasteiger partial charge in [0.15, 0.2) is 5.96 Å². The molecular weight excluding hydrogens is 352 g/mol. The van der Waals surface area contributed by atoms with E-state index in [4.69, 9.17) is 4.74 Å². The van der Waals surface area contributed by atoms with Gasteiger partial charge in [-0.25, -0.2) is 0 Å². The van der Waals surface area contributed by atoms with Gasteiger partial charge in [0.1, 0.15) is 0 Å². The Morgan fingerprint density at radius 3 is 2.50 bits per heavy atom. The van der Waals surface area contributed by atoms with Gasteiger partial charge < -0.3 is 25.4 Å². The molecule has 3 rings (SSSR count). The van der Waals surface area contributed by atoms with Crippen LogP contribution >= 0.6 is 0 Å². The smallest absolute Gasteiger partial charge is 0.191 e. The number of aliphatic hydroxyl groups is 1. The van der Waals surface area contributed by atoms with Gasteiger partial charge in [0.05, 0.1) is 19.3 Å². The Morgan fingerprint density at radius 2 is 1.82 bits per heavy atom. The number of ether oxygens (including phenoxy) is 1. The maximum absolute atomic E-state index is 10.1. The van der Waals surface area contributed by atoms with Gasteiger partial charge in [0.25, 0.3) is 0 Å². The first-order valence-corrected chi connectivity index (χ1v) is 11.8. The van der Waals surface area contributed by atoms with Crippen molar-refractivity contribution < 1.29 is 9.84 Å². The summed E-state index contributed by atoms with van der Waals surface area (Å²) in [5, 5.41) is 17.0. The van der Waals surface area contributed by atoms with E-state index >= 15 is 0 Å². The molecule has 1 atom stereocenters. The van der Waals surface area contributed by atoms with E-state index in [2.05, 4.69) is 27.4 Å². The largest absolute Gasteiger partial charge is 0.389 e. The summed E-state index contributed by atoms with van der Waals surface area (Å²) in [7, 11) is 0. The van der Waals surface area contributed by atoms with Gasteiger partial charge >= 0.3 is 0 Å². The zero-order valence-electron chi connectivity index (χ0n) is 17.9. The van der Waals surface area contributed by atoms with E-state index in [0.29, 0.717) is 19.2 Å². The van der Waals surface area contributed by atoms with E-state index < -0.39 is 6.10 Å². The zero-order valence-corrected chi connectivity index (χ0v) is 17.9. The molecule has 2 saturated carbocycles. The lowest BCUT2D eigenvalue weighted by molar-refractivity contribution is 0.0368. The van der Waals surface area contributed by atoms with Crippen molar-refractivity contribution in [3.8, 4) is 0 Å². The number of nitrogens with zero attached hydrogens (tertiary/aromatic N) is 2. The third-order valence-electron chi connectivity index (χ3n) is 6.33. The number of likely N-dealkylation sites (tertiary alicyclic amines) is 1. The molecule has 0 amide bonds. The second-order valence-corrected chi connectivity index (χ2v) is 9.08. The molecule has 0 radical (unpaired) electrons. The lowest BCUT2D eigenvalue weighted by Crippen LogP contribution is -2.49. The molecule has 162 valence electrons. The highest BCUT2D eigenvalue weighted by molar-refractivity contribution is 5.80. The number of aliphatic hydroxyl groups excluding tert-OH is 1. The Kier molecular flexibility index (Phi) is 9.35. The van der Waals surface area contributed by atoms with E-state index in [9.17, 15) is 5.11 Å². The van der Waals surface area contributed by atoms with Crippen LogP contribution in [-0.2, 0) is 4.74 Å². The molecule has 6 heteroatoms. The molecule has 0 aromatic carbocycles. The van der Waals surface area contributed by atoms with Crippen LogP contribution in [0.4, 0.5) is 0 Å². The normalized spacial score (nSPS) is 24.3. The minimum Gasteiger partial charge on any atom is -0.389 e. The first kappa shape index (κ1) is 21.8. The van der Waals surface area contributed by atoms with Crippen molar-refractivity contribution in [1.82, 2.24) is 15.5 Å². The predicted octanol–water partition coefficient (Wildman–Crippen LogP) is 2.37. The van der Waals surface area contributed by atoms with Crippen LogP contribution in [0, 0.1) is 11.8 Å². The number of hydrogen-bond donors (Lipinski definition) is 3. The van der Waals surface area contributed by atoms with Gasteiger partial charge in [0.2, 0.25) is 0 Å². The van der Waals surface area contributed by atoms with E-state index in [0.717, 1.165) is 30.9 Å². The summed E-state index contributed by atoms with van der Waals surface area (Å²) in [5.74, 6) is 2.49. The summed E-state index contributed by atoms with van der Waals surface area (Å²) in [6.45, 7) is 8.15. The second kappa shape index (κ2) is 12.0. The maximum atomic E-state index is 10.1. The van der Waals surface area contributed by atoms with Gasteiger partial charge in [-0.2, -0.15) is 0 Å². The standard InChI is InChI=1S/C22H42N4O2/c1-2-23-22(24-14-21(27)17-28-16-19-8-9-19)25-20-10-12-26(13-11-20)15-18-6-4-3-5-7-18/h18-21,27H,2-17H2,1H3,(H2,23,24,25). The van der Waals surface area contributed by atoms with Crippen molar-refractivity contribution in [2.45, 2.75) is 76.9 Å². The Bertz CT molecular complexity index is 455. The number of piperidine rings is 1. The van der Waals surface area contributed by atoms with Crippen LogP contribution in [0.2, 0.25) is 0 Å². The van der Waals surface area contributed by atoms with Crippen LogP contribution in [-0.4, -0.2) is 74.0 Å². The van der Waals surface area contributed by atoms with Crippen LogP contribution in [0.15, 0.2) is 4.99 Å². The van der Waals surface area contributed by atoms with Crippen molar-refractivity contribution in [2.75, 3.05) is 45.9 Å². The summed E-state index contributed by atoms with van der Waals surface area (Å²) in [4.78, 5) is 7.25. The van der Waals surface area contributed by atoms with Gasteiger partial charge in [-0.1, -0.05) is 19.3 Å². The molecule has 0 aromatic rings. The third-order valence-corrected chi connectivity index (χ3v) is 6.33. The molecule has 0 spiro atoms. The third kappa shape index (κ3) is 8.26. The molecule has 2 aliphatic carbocycles. The highest BCUT2D eigenvalue weighted by atomic mass is 16.5. The fraction of sp³-hybridized carbons (Fsp3) is 0.955. The Hall–Kier alpha value is -0.850. The lowest BCUT2D eigenvalue weighted by Gasteiger charge is -2.36. The summed E-state index contributed by atoms with van der Waals surface area (Å²) in [6.07, 6.45) is 11.6. The number of rotatable bonds is 10. The Morgan fingerprint density at radius 1 is 1.07 bits per heavy atom. The molecule has 1 unspecified atom stereocenters. The molecule has 1 saturated heterocycles. The van der Waals surface area contributed by atoms with Gasteiger partial charge in [0, 0.05) is 38.8 Å². The molecule has 6 nitrogen and oxygen atoms in total. The van der Waals surface area contributed by atoms with Crippen molar-refractivity contribution >= 4 is 5.96 Å². The molecule has 3 aliphatic rings. The lowest BCUT2D eigenvalue weighted by atomic mass is 9.88. The Labute approximate surface area is 171 Å². The van der Waals surface area contributed by atoms with E-state index in [-0.39, 0.29) is 0 Å². The molecule has 3 N–H and O–H groups in total. The predicted molar refractivity (Wildman–Crippen MR) is 115 cm³/mol. The fourth-order valence-electron chi connectivity index (χ4n) is 4.41. The van der Waals surface area contributed by atoms with Crippen LogP contribution in [0.25, 0.3) is 0 Å². The molecule has 1 heterocycles. The van der Waals surface area contributed by atoms with Gasteiger partial charge in [-0.3, -0.25) is 4.99 Å². The maximum Gasteiger partial charge on any atom is 0.191 e. The van der Waals surface area contributed by atoms with Crippen molar-refractivity contribution in [3.05, 3.63) is 0 Å².